The number of nitrogens with zero attached hydrogens (tertiary/aromatic N) is 3. The smallest absolute Gasteiger partial charge is 0.253 e. The van der Waals surface area contributed by atoms with Crippen LogP contribution in [0.25, 0.3) is 0 Å². The third-order valence-electron chi connectivity index (χ3n) is 5.38. The predicted molar refractivity (Wildman–Crippen MR) is 105 cm³/mol. The fourth-order valence-corrected chi connectivity index (χ4v) is 3.88. The van der Waals surface area contributed by atoms with E-state index in [0.29, 0.717) is 24.9 Å². The number of aromatic nitrogens is 2. The van der Waals surface area contributed by atoms with Crippen LogP contribution in [0.4, 0.5) is 0 Å². The first kappa shape index (κ1) is 17.5. The first-order chi connectivity index (χ1) is 13.2. The van der Waals surface area contributed by atoms with Crippen molar-refractivity contribution in [1.82, 2.24) is 14.5 Å². The molecule has 2 N–H and O–H groups in total. The van der Waals surface area contributed by atoms with Gasteiger partial charge in [-0.1, -0.05) is 42.5 Å². The van der Waals surface area contributed by atoms with Gasteiger partial charge in [0.1, 0.15) is 0 Å². The van der Waals surface area contributed by atoms with Crippen LogP contribution in [-0.4, -0.2) is 40.0 Å². The molecule has 3 aromatic rings. The monoisotopic (exact) mass is 360 g/mol. The van der Waals surface area contributed by atoms with Crippen molar-refractivity contribution in [1.29, 1.82) is 0 Å². The highest BCUT2D eigenvalue weighted by Gasteiger charge is 2.35. The number of rotatable bonds is 5. The van der Waals surface area contributed by atoms with Crippen molar-refractivity contribution in [3.63, 3.8) is 0 Å². The van der Waals surface area contributed by atoms with Crippen LogP contribution in [0.3, 0.4) is 0 Å². The zero-order valence-electron chi connectivity index (χ0n) is 15.2. The Labute approximate surface area is 159 Å². The lowest BCUT2D eigenvalue weighted by molar-refractivity contribution is 0.0786. The number of amides is 1. The third kappa shape index (κ3) is 3.78. The topological polar surface area (TPSA) is 64.2 Å². The Morgan fingerprint density at radius 3 is 2.52 bits per heavy atom. The summed E-state index contributed by atoms with van der Waals surface area (Å²) in [5.41, 5.74) is 9.14. The van der Waals surface area contributed by atoms with E-state index in [0.717, 1.165) is 24.2 Å². The molecule has 0 saturated carbocycles. The van der Waals surface area contributed by atoms with E-state index in [4.69, 9.17) is 5.73 Å². The predicted octanol–water partition coefficient (Wildman–Crippen LogP) is 2.75. The summed E-state index contributed by atoms with van der Waals surface area (Å²) in [5, 5.41) is 0. The number of carbonyl (C=O) groups excluding carboxylic acids is 1. The Morgan fingerprint density at radius 2 is 1.85 bits per heavy atom. The minimum Gasteiger partial charge on any atom is -0.338 e. The Balaban J connectivity index is 1.46. The van der Waals surface area contributed by atoms with Crippen molar-refractivity contribution in [3.05, 3.63) is 90.0 Å². The standard InChI is InChI=1S/C22H24N4O/c23-12-20-14-26(15-21(20)18-4-2-1-3-5-18)22(27)19-8-6-17(7-9-19)13-25-11-10-24-16-25/h1-11,16,20-21H,12-15,23H2/t20-,21+/m1/s1. The third-order valence-corrected chi connectivity index (χ3v) is 5.38. The lowest BCUT2D eigenvalue weighted by Crippen LogP contribution is -2.29. The van der Waals surface area contributed by atoms with Crippen LogP contribution in [0.5, 0.6) is 0 Å². The normalized spacial score (nSPS) is 19.4. The van der Waals surface area contributed by atoms with Gasteiger partial charge in [0, 0.05) is 43.5 Å². The summed E-state index contributed by atoms with van der Waals surface area (Å²) in [5.74, 6) is 0.693. The molecule has 2 heterocycles. The van der Waals surface area contributed by atoms with Crippen LogP contribution >= 0.6 is 0 Å². The molecule has 5 nitrogen and oxygen atoms in total. The molecule has 1 saturated heterocycles. The van der Waals surface area contributed by atoms with E-state index in [1.54, 1.807) is 12.5 Å². The van der Waals surface area contributed by atoms with E-state index in [-0.39, 0.29) is 5.91 Å². The molecule has 0 aliphatic carbocycles. The quantitative estimate of drug-likeness (QED) is 0.761. The molecule has 4 rings (SSSR count). The number of hydrogen-bond donors (Lipinski definition) is 1. The van der Waals surface area contributed by atoms with Crippen molar-refractivity contribution < 1.29 is 4.79 Å². The SMILES string of the molecule is NC[C@@H]1CN(C(=O)c2ccc(Cn3ccnc3)cc2)C[C@H]1c1ccccc1. The van der Waals surface area contributed by atoms with Crippen LogP contribution in [0.1, 0.15) is 27.4 Å². The average molecular weight is 360 g/mol. The summed E-state index contributed by atoms with van der Waals surface area (Å²) in [6.07, 6.45) is 5.49. The first-order valence-electron chi connectivity index (χ1n) is 9.33. The highest BCUT2D eigenvalue weighted by molar-refractivity contribution is 5.94. The molecular formula is C22H24N4O. The Hall–Kier alpha value is -2.92. The molecule has 1 amide bonds. The minimum atomic E-state index is 0.0843. The summed E-state index contributed by atoms with van der Waals surface area (Å²) in [6, 6.07) is 18.2. The van der Waals surface area contributed by atoms with Gasteiger partial charge in [-0.3, -0.25) is 4.79 Å². The highest BCUT2D eigenvalue weighted by atomic mass is 16.2. The maximum absolute atomic E-state index is 13.0. The van der Waals surface area contributed by atoms with Crippen molar-refractivity contribution in [2.75, 3.05) is 19.6 Å². The van der Waals surface area contributed by atoms with E-state index in [1.165, 1.54) is 5.56 Å². The molecule has 1 aliphatic heterocycles. The van der Waals surface area contributed by atoms with Gasteiger partial charge in [0.05, 0.1) is 6.33 Å². The van der Waals surface area contributed by atoms with Gasteiger partial charge in [0.2, 0.25) is 0 Å². The van der Waals surface area contributed by atoms with Crippen LogP contribution in [0, 0.1) is 5.92 Å². The zero-order chi connectivity index (χ0) is 18.6. The van der Waals surface area contributed by atoms with Gasteiger partial charge in [-0.15, -0.1) is 0 Å². The summed E-state index contributed by atoms with van der Waals surface area (Å²) in [4.78, 5) is 19.0. The first-order valence-corrected chi connectivity index (χ1v) is 9.33. The second-order valence-corrected chi connectivity index (χ2v) is 7.16. The summed E-state index contributed by atoms with van der Waals surface area (Å²) in [7, 11) is 0. The molecule has 2 aromatic carbocycles. The molecule has 27 heavy (non-hydrogen) atoms. The highest BCUT2D eigenvalue weighted by Crippen LogP contribution is 2.32. The van der Waals surface area contributed by atoms with Crippen molar-refractivity contribution in [3.8, 4) is 0 Å². The number of likely N-dealkylation sites (tertiary alicyclic amines) is 1. The molecule has 5 heteroatoms. The molecule has 2 atom stereocenters. The van der Waals surface area contributed by atoms with Crippen molar-refractivity contribution >= 4 is 5.91 Å². The number of carbonyl (C=O) groups is 1. The van der Waals surface area contributed by atoms with Gasteiger partial charge in [0.25, 0.3) is 5.91 Å². The summed E-state index contributed by atoms with van der Waals surface area (Å²) >= 11 is 0. The molecule has 1 aromatic heterocycles. The minimum absolute atomic E-state index is 0.0843. The Bertz CT molecular complexity index is 874. The molecule has 1 aliphatic rings. The largest absolute Gasteiger partial charge is 0.338 e. The van der Waals surface area contributed by atoms with E-state index in [9.17, 15) is 4.79 Å². The molecule has 0 spiro atoms. The van der Waals surface area contributed by atoms with Crippen LogP contribution in [-0.2, 0) is 6.54 Å². The number of nitrogens with two attached hydrogens (primary N) is 1. The van der Waals surface area contributed by atoms with Gasteiger partial charge < -0.3 is 15.2 Å². The van der Waals surface area contributed by atoms with E-state index >= 15 is 0 Å². The van der Waals surface area contributed by atoms with Crippen LogP contribution in [0.15, 0.2) is 73.3 Å². The van der Waals surface area contributed by atoms with E-state index < -0.39 is 0 Å². The fourth-order valence-electron chi connectivity index (χ4n) is 3.88. The van der Waals surface area contributed by atoms with Crippen LogP contribution < -0.4 is 5.73 Å². The molecular weight excluding hydrogens is 336 g/mol. The van der Waals surface area contributed by atoms with Crippen molar-refractivity contribution in [2.24, 2.45) is 11.7 Å². The molecule has 0 bridgehead atoms. The second-order valence-electron chi connectivity index (χ2n) is 7.16. The lowest BCUT2D eigenvalue weighted by atomic mass is 9.89. The van der Waals surface area contributed by atoms with Crippen molar-refractivity contribution in [2.45, 2.75) is 12.5 Å². The average Bonchev–Trinajstić information content (AvgIpc) is 3.38. The summed E-state index contributed by atoms with van der Waals surface area (Å²) in [6.45, 7) is 2.78. The van der Waals surface area contributed by atoms with E-state index in [2.05, 4.69) is 17.1 Å². The van der Waals surface area contributed by atoms with Gasteiger partial charge in [0.15, 0.2) is 0 Å². The number of benzene rings is 2. The van der Waals surface area contributed by atoms with E-state index in [1.807, 2.05) is 58.1 Å². The van der Waals surface area contributed by atoms with Gasteiger partial charge in [-0.05, 0) is 35.7 Å². The fraction of sp³-hybridized carbons (Fsp3) is 0.273. The van der Waals surface area contributed by atoms with Gasteiger partial charge >= 0.3 is 0 Å². The summed E-state index contributed by atoms with van der Waals surface area (Å²) < 4.78 is 2.01. The molecule has 1 fully saturated rings. The number of imidazole rings is 1. The molecule has 0 unspecified atom stereocenters. The Morgan fingerprint density at radius 1 is 1.07 bits per heavy atom. The van der Waals surface area contributed by atoms with Gasteiger partial charge in [-0.2, -0.15) is 0 Å². The molecule has 138 valence electrons. The van der Waals surface area contributed by atoms with Crippen LogP contribution in [0.2, 0.25) is 0 Å². The van der Waals surface area contributed by atoms with Gasteiger partial charge in [-0.25, -0.2) is 4.98 Å². The molecule has 0 radical (unpaired) electrons. The lowest BCUT2D eigenvalue weighted by Gasteiger charge is -2.17. The second kappa shape index (κ2) is 7.76. The zero-order valence-corrected chi connectivity index (χ0v) is 15.2. The maximum atomic E-state index is 13.0. The Kier molecular flexibility index (Phi) is 5.03. The maximum Gasteiger partial charge on any atom is 0.253 e. The number of hydrogen-bond acceptors (Lipinski definition) is 3.